The van der Waals surface area contributed by atoms with Crippen LogP contribution in [-0.4, -0.2) is 70.4 Å². The number of ether oxygens (including phenoxy) is 3. The Morgan fingerprint density at radius 1 is 1.06 bits per heavy atom. The van der Waals surface area contributed by atoms with Crippen molar-refractivity contribution in [3.05, 3.63) is 30.0 Å². The Morgan fingerprint density at radius 2 is 1.83 bits per heavy atom. The number of carbonyl (C=O) groups excluding carboxylic acids is 1. The highest BCUT2D eigenvalue weighted by Gasteiger charge is 2.15. The summed E-state index contributed by atoms with van der Waals surface area (Å²) < 4.78 is 18.4. The molecule has 0 spiro atoms. The van der Waals surface area contributed by atoms with Gasteiger partial charge in [-0.1, -0.05) is 25.6 Å². The van der Waals surface area contributed by atoms with Gasteiger partial charge < -0.3 is 24.8 Å². The SMILES string of the molecule is CCOCCNc1nc(SC(C)C)nc2c1cnn2CCNC(=O)c1ccc(OCC)c(OCC)c1. The summed E-state index contributed by atoms with van der Waals surface area (Å²) >= 11 is 1.59. The van der Waals surface area contributed by atoms with Crippen LogP contribution in [0.15, 0.2) is 29.6 Å². The number of fused-ring (bicyclic) bond motifs is 1. The van der Waals surface area contributed by atoms with E-state index in [-0.39, 0.29) is 5.91 Å². The van der Waals surface area contributed by atoms with E-state index in [2.05, 4.69) is 34.6 Å². The summed E-state index contributed by atoms with van der Waals surface area (Å²) in [5.41, 5.74) is 1.23. The van der Waals surface area contributed by atoms with Crippen LogP contribution in [0.2, 0.25) is 0 Å². The zero-order valence-electron chi connectivity index (χ0n) is 21.7. The average Bonchev–Trinajstić information content (AvgIpc) is 3.25. The minimum atomic E-state index is -0.195. The first-order valence-corrected chi connectivity index (χ1v) is 13.2. The van der Waals surface area contributed by atoms with Gasteiger partial charge in [-0.05, 0) is 39.0 Å². The number of nitrogens with zero attached hydrogens (tertiary/aromatic N) is 4. The minimum absolute atomic E-state index is 0.195. The largest absolute Gasteiger partial charge is 0.490 e. The fourth-order valence-electron chi connectivity index (χ4n) is 3.45. The van der Waals surface area contributed by atoms with E-state index in [1.807, 2.05) is 20.8 Å². The van der Waals surface area contributed by atoms with E-state index < -0.39 is 0 Å². The van der Waals surface area contributed by atoms with Crippen LogP contribution in [0.4, 0.5) is 5.82 Å². The second kappa shape index (κ2) is 13.9. The molecule has 36 heavy (non-hydrogen) atoms. The van der Waals surface area contributed by atoms with Crippen LogP contribution in [0.3, 0.4) is 0 Å². The molecule has 0 aliphatic heterocycles. The van der Waals surface area contributed by atoms with Crippen molar-refractivity contribution in [3.8, 4) is 11.5 Å². The molecule has 0 aliphatic rings. The van der Waals surface area contributed by atoms with Crippen LogP contribution in [0.5, 0.6) is 11.5 Å². The lowest BCUT2D eigenvalue weighted by atomic mass is 10.2. The van der Waals surface area contributed by atoms with Gasteiger partial charge >= 0.3 is 0 Å². The van der Waals surface area contributed by atoms with Gasteiger partial charge in [-0.2, -0.15) is 5.10 Å². The molecule has 3 rings (SSSR count). The molecule has 11 heteroatoms. The summed E-state index contributed by atoms with van der Waals surface area (Å²) in [5.74, 6) is 1.72. The van der Waals surface area contributed by atoms with Crippen molar-refractivity contribution in [1.29, 1.82) is 0 Å². The summed E-state index contributed by atoms with van der Waals surface area (Å²) in [6, 6.07) is 5.19. The van der Waals surface area contributed by atoms with E-state index in [0.29, 0.717) is 73.5 Å². The fourth-order valence-corrected chi connectivity index (χ4v) is 4.16. The average molecular weight is 517 g/mol. The quantitative estimate of drug-likeness (QED) is 0.176. The highest BCUT2D eigenvalue weighted by molar-refractivity contribution is 7.99. The lowest BCUT2D eigenvalue weighted by molar-refractivity contribution is 0.0951. The lowest BCUT2D eigenvalue weighted by Gasteiger charge is -2.13. The van der Waals surface area contributed by atoms with Gasteiger partial charge in [-0.15, -0.1) is 0 Å². The normalized spacial score (nSPS) is 11.2. The molecule has 196 valence electrons. The molecule has 0 saturated carbocycles. The standard InChI is InChI=1S/C25H36N6O4S/c1-6-33-14-12-26-22-19-16-28-31(23(19)30-25(29-22)36-17(4)5)13-11-27-24(32)18-9-10-20(34-7-2)21(15-18)35-8-3/h9-10,15-17H,6-8,11-14H2,1-5H3,(H,27,32)(H,26,29,30). The highest BCUT2D eigenvalue weighted by Crippen LogP contribution is 2.29. The van der Waals surface area contributed by atoms with Gasteiger partial charge in [0.1, 0.15) is 5.82 Å². The van der Waals surface area contributed by atoms with Crippen LogP contribution < -0.4 is 20.1 Å². The number of aromatic nitrogens is 4. The van der Waals surface area contributed by atoms with Gasteiger partial charge in [0.05, 0.1) is 37.9 Å². The van der Waals surface area contributed by atoms with Crippen molar-refractivity contribution in [3.63, 3.8) is 0 Å². The van der Waals surface area contributed by atoms with Crippen molar-refractivity contribution < 1.29 is 19.0 Å². The molecule has 1 aromatic carbocycles. The molecular formula is C25H36N6O4S. The molecule has 3 aromatic rings. The van der Waals surface area contributed by atoms with E-state index in [1.165, 1.54) is 0 Å². The summed E-state index contributed by atoms with van der Waals surface area (Å²) in [5, 5.41) is 12.7. The predicted octanol–water partition coefficient (Wildman–Crippen LogP) is 4.00. The Labute approximate surface area is 216 Å². The first-order chi connectivity index (χ1) is 17.5. The first-order valence-electron chi connectivity index (χ1n) is 12.4. The zero-order valence-corrected chi connectivity index (χ0v) is 22.5. The summed E-state index contributed by atoms with van der Waals surface area (Å²) in [7, 11) is 0. The maximum Gasteiger partial charge on any atom is 0.251 e. The van der Waals surface area contributed by atoms with Gasteiger partial charge in [-0.25, -0.2) is 14.6 Å². The molecule has 0 atom stereocenters. The molecule has 2 N–H and O–H groups in total. The Bertz CT molecular complexity index is 1140. The maximum atomic E-state index is 12.8. The van der Waals surface area contributed by atoms with E-state index in [1.54, 1.807) is 40.8 Å². The minimum Gasteiger partial charge on any atom is -0.490 e. The Hall–Kier alpha value is -3.05. The Morgan fingerprint density at radius 3 is 2.56 bits per heavy atom. The number of rotatable bonds is 15. The molecule has 1 amide bonds. The summed E-state index contributed by atoms with van der Waals surface area (Å²) in [4.78, 5) is 22.2. The molecule has 0 radical (unpaired) electrons. The number of thioether (sulfide) groups is 1. The van der Waals surface area contributed by atoms with Crippen LogP contribution in [-0.2, 0) is 11.3 Å². The first kappa shape index (κ1) is 27.5. The highest BCUT2D eigenvalue weighted by atomic mass is 32.2. The molecular weight excluding hydrogens is 480 g/mol. The molecule has 0 fully saturated rings. The molecule has 0 bridgehead atoms. The molecule has 10 nitrogen and oxygen atoms in total. The number of benzene rings is 1. The molecule has 0 unspecified atom stereocenters. The lowest BCUT2D eigenvalue weighted by Crippen LogP contribution is -2.27. The zero-order chi connectivity index (χ0) is 25.9. The van der Waals surface area contributed by atoms with Crippen molar-refractivity contribution in [2.45, 2.75) is 51.6 Å². The van der Waals surface area contributed by atoms with Crippen LogP contribution in [0, 0.1) is 0 Å². The number of hydrogen-bond donors (Lipinski definition) is 2. The molecule has 0 aliphatic carbocycles. The molecule has 2 heterocycles. The third-order valence-electron chi connectivity index (χ3n) is 4.97. The maximum absolute atomic E-state index is 12.8. The van der Waals surface area contributed by atoms with Crippen molar-refractivity contribution in [1.82, 2.24) is 25.1 Å². The summed E-state index contributed by atoms with van der Waals surface area (Å²) in [6.45, 7) is 13.7. The van der Waals surface area contributed by atoms with Crippen molar-refractivity contribution >= 4 is 34.5 Å². The Balaban J connectivity index is 1.71. The van der Waals surface area contributed by atoms with E-state index in [0.717, 1.165) is 16.9 Å². The van der Waals surface area contributed by atoms with Gasteiger partial charge in [0.2, 0.25) is 0 Å². The number of amides is 1. The second-order valence-electron chi connectivity index (χ2n) is 8.03. The number of anilines is 1. The Kier molecular flexibility index (Phi) is 10.6. The van der Waals surface area contributed by atoms with E-state index in [4.69, 9.17) is 19.2 Å². The topological polar surface area (TPSA) is 112 Å². The number of nitrogens with one attached hydrogen (secondary N) is 2. The smallest absolute Gasteiger partial charge is 0.251 e. The van der Waals surface area contributed by atoms with Crippen LogP contribution in [0.1, 0.15) is 45.0 Å². The molecule has 0 saturated heterocycles. The van der Waals surface area contributed by atoms with Gasteiger partial charge in [-0.3, -0.25) is 4.79 Å². The number of hydrogen-bond acceptors (Lipinski definition) is 9. The van der Waals surface area contributed by atoms with E-state index in [9.17, 15) is 4.79 Å². The van der Waals surface area contributed by atoms with Crippen LogP contribution >= 0.6 is 11.8 Å². The molecule has 2 aromatic heterocycles. The third-order valence-corrected chi connectivity index (χ3v) is 5.84. The third kappa shape index (κ3) is 7.47. The van der Waals surface area contributed by atoms with E-state index >= 15 is 0 Å². The van der Waals surface area contributed by atoms with Gasteiger partial charge in [0, 0.05) is 30.5 Å². The number of carbonyl (C=O) groups is 1. The van der Waals surface area contributed by atoms with Crippen molar-refractivity contribution in [2.24, 2.45) is 0 Å². The van der Waals surface area contributed by atoms with Crippen LogP contribution in [0.25, 0.3) is 11.0 Å². The second-order valence-corrected chi connectivity index (χ2v) is 9.58. The van der Waals surface area contributed by atoms with Gasteiger partial charge in [0.15, 0.2) is 22.3 Å². The van der Waals surface area contributed by atoms with Gasteiger partial charge in [0.25, 0.3) is 5.91 Å². The fraction of sp³-hybridized carbons (Fsp3) is 0.520. The summed E-state index contributed by atoms with van der Waals surface area (Å²) in [6.07, 6.45) is 1.75. The monoisotopic (exact) mass is 516 g/mol. The predicted molar refractivity (Wildman–Crippen MR) is 142 cm³/mol. The van der Waals surface area contributed by atoms with Crippen molar-refractivity contribution in [2.75, 3.05) is 44.8 Å².